The van der Waals surface area contributed by atoms with Crippen LogP contribution >= 0.6 is 11.3 Å². The molecule has 0 saturated carbocycles. The summed E-state index contributed by atoms with van der Waals surface area (Å²) in [5.41, 5.74) is 1.15. The molecule has 2 rings (SSSR count). The van der Waals surface area contributed by atoms with E-state index in [1.54, 1.807) is 6.92 Å². The Labute approximate surface area is 108 Å². The molecule has 0 bridgehead atoms. The van der Waals surface area contributed by atoms with E-state index in [0.717, 1.165) is 17.8 Å². The fraction of sp³-hybridized carbons (Fsp3) is 0.500. The molecule has 0 aliphatic carbocycles. The largest absolute Gasteiger partial charge is 0.300 e. The summed E-state index contributed by atoms with van der Waals surface area (Å²) in [4.78, 5) is 11.7. The molecule has 2 heterocycles. The highest BCUT2D eigenvalue weighted by Gasteiger charge is 2.13. The molecule has 2 aromatic heterocycles. The summed E-state index contributed by atoms with van der Waals surface area (Å²) < 4.78 is 4.53. The van der Waals surface area contributed by atoms with Crippen molar-refractivity contribution in [2.45, 2.75) is 33.1 Å². The van der Waals surface area contributed by atoms with Crippen LogP contribution in [0, 0.1) is 6.92 Å². The lowest BCUT2D eigenvalue weighted by Crippen LogP contribution is -2.15. The van der Waals surface area contributed by atoms with E-state index >= 15 is 0 Å². The Hall–Kier alpha value is -1.83. The molecule has 0 aromatic carbocycles. The van der Waals surface area contributed by atoms with Gasteiger partial charge in [-0.05, 0) is 13.3 Å². The van der Waals surface area contributed by atoms with Crippen molar-refractivity contribution < 1.29 is 9.42 Å². The SMILES string of the molecule is CCCc1nnc(NC(=O)Cc2nonc2C)s1. The van der Waals surface area contributed by atoms with Crippen LogP contribution in [0.5, 0.6) is 0 Å². The van der Waals surface area contributed by atoms with Crippen LogP contribution in [0.1, 0.15) is 29.7 Å². The topological polar surface area (TPSA) is 93.8 Å². The molecule has 0 unspecified atom stereocenters. The molecule has 7 nitrogen and oxygen atoms in total. The molecular weight excluding hydrogens is 254 g/mol. The van der Waals surface area contributed by atoms with Gasteiger partial charge in [0.1, 0.15) is 16.4 Å². The van der Waals surface area contributed by atoms with Gasteiger partial charge in [0.05, 0.1) is 6.42 Å². The number of anilines is 1. The first-order valence-corrected chi connectivity index (χ1v) is 6.41. The summed E-state index contributed by atoms with van der Waals surface area (Å²) in [6, 6.07) is 0. The zero-order chi connectivity index (χ0) is 13.0. The molecule has 0 aliphatic rings. The maximum atomic E-state index is 11.7. The lowest BCUT2D eigenvalue weighted by atomic mass is 10.2. The predicted octanol–water partition coefficient (Wildman–Crippen LogP) is 1.36. The zero-order valence-corrected chi connectivity index (χ0v) is 11.0. The van der Waals surface area contributed by atoms with E-state index in [0.29, 0.717) is 16.5 Å². The van der Waals surface area contributed by atoms with Crippen molar-refractivity contribution in [1.82, 2.24) is 20.5 Å². The number of aryl methyl sites for hydroxylation is 2. The Morgan fingerprint density at radius 3 is 2.89 bits per heavy atom. The summed E-state index contributed by atoms with van der Waals surface area (Å²) in [5.74, 6) is -0.201. The van der Waals surface area contributed by atoms with Gasteiger partial charge in [-0.15, -0.1) is 10.2 Å². The summed E-state index contributed by atoms with van der Waals surface area (Å²) >= 11 is 1.39. The zero-order valence-electron chi connectivity index (χ0n) is 10.1. The lowest BCUT2D eigenvalue weighted by Gasteiger charge is -1.97. The third-order valence-electron chi connectivity index (χ3n) is 2.25. The van der Waals surface area contributed by atoms with E-state index in [1.807, 2.05) is 0 Å². The van der Waals surface area contributed by atoms with Crippen molar-refractivity contribution in [2.75, 3.05) is 5.32 Å². The number of rotatable bonds is 5. The van der Waals surface area contributed by atoms with Crippen LogP contribution in [0.25, 0.3) is 0 Å². The van der Waals surface area contributed by atoms with Crippen LogP contribution in [-0.4, -0.2) is 26.4 Å². The van der Waals surface area contributed by atoms with Gasteiger partial charge in [0, 0.05) is 6.42 Å². The average molecular weight is 267 g/mol. The highest BCUT2D eigenvalue weighted by atomic mass is 32.1. The highest BCUT2D eigenvalue weighted by molar-refractivity contribution is 7.15. The second-order valence-electron chi connectivity index (χ2n) is 3.77. The van der Waals surface area contributed by atoms with Crippen LogP contribution in [0.2, 0.25) is 0 Å². The molecule has 1 amide bonds. The Kier molecular flexibility index (Phi) is 3.98. The van der Waals surface area contributed by atoms with Crippen LogP contribution < -0.4 is 5.32 Å². The summed E-state index contributed by atoms with van der Waals surface area (Å²) in [6.07, 6.45) is 2.00. The second-order valence-corrected chi connectivity index (χ2v) is 4.83. The van der Waals surface area contributed by atoms with Crippen molar-refractivity contribution in [1.29, 1.82) is 0 Å². The molecule has 0 spiro atoms. The normalized spacial score (nSPS) is 10.6. The van der Waals surface area contributed by atoms with Crippen molar-refractivity contribution in [3.63, 3.8) is 0 Å². The van der Waals surface area contributed by atoms with Crippen molar-refractivity contribution >= 4 is 22.4 Å². The van der Waals surface area contributed by atoms with Crippen molar-refractivity contribution in [2.24, 2.45) is 0 Å². The van der Waals surface area contributed by atoms with Crippen molar-refractivity contribution in [3.05, 3.63) is 16.4 Å². The smallest absolute Gasteiger partial charge is 0.232 e. The van der Waals surface area contributed by atoms with Crippen LogP contribution in [-0.2, 0) is 17.6 Å². The minimum Gasteiger partial charge on any atom is -0.300 e. The third kappa shape index (κ3) is 3.10. The Bertz CT molecular complexity index is 536. The lowest BCUT2D eigenvalue weighted by molar-refractivity contribution is -0.115. The summed E-state index contributed by atoms with van der Waals surface area (Å²) in [5, 5.41) is 19.3. The van der Waals surface area contributed by atoms with Gasteiger partial charge in [-0.25, -0.2) is 4.63 Å². The summed E-state index contributed by atoms with van der Waals surface area (Å²) in [6.45, 7) is 3.81. The molecule has 0 atom stereocenters. The number of hydrogen-bond acceptors (Lipinski definition) is 7. The minimum absolute atomic E-state index is 0.123. The van der Waals surface area contributed by atoms with Gasteiger partial charge >= 0.3 is 0 Å². The molecule has 18 heavy (non-hydrogen) atoms. The first kappa shape index (κ1) is 12.6. The van der Waals surface area contributed by atoms with Gasteiger partial charge in [0.25, 0.3) is 0 Å². The monoisotopic (exact) mass is 267 g/mol. The number of aromatic nitrogens is 4. The Morgan fingerprint density at radius 2 is 2.22 bits per heavy atom. The second kappa shape index (κ2) is 5.67. The maximum Gasteiger partial charge on any atom is 0.232 e. The molecule has 0 saturated heterocycles. The standard InChI is InChI=1S/C10H13N5O2S/c1-3-4-9-12-13-10(18-9)11-8(16)5-7-6(2)14-17-15-7/h3-5H2,1-2H3,(H,11,13,16). The number of amides is 1. The number of carbonyl (C=O) groups excluding carboxylic acids is 1. The first-order valence-electron chi connectivity index (χ1n) is 5.59. The molecular formula is C10H13N5O2S. The predicted molar refractivity (Wildman–Crippen MR) is 65.3 cm³/mol. The van der Waals surface area contributed by atoms with Gasteiger partial charge < -0.3 is 5.32 Å². The maximum absolute atomic E-state index is 11.7. The first-order chi connectivity index (χ1) is 8.69. The van der Waals surface area contributed by atoms with E-state index in [-0.39, 0.29) is 12.3 Å². The molecule has 0 aliphatic heterocycles. The van der Waals surface area contributed by atoms with Gasteiger partial charge in [-0.3, -0.25) is 4.79 Å². The molecule has 0 fully saturated rings. The Morgan fingerprint density at radius 1 is 1.39 bits per heavy atom. The highest BCUT2D eigenvalue weighted by Crippen LogP contribution is 2.16. The Balaban J connectivity index is 1.92. The van der Waals surface area contributed by atoms with Gasteiger partial charge in [-0.1, -0.05) is 28.6 Å². The fourth-order valence-electron chi connectivity index (χ4n) is 1.34. The van der Waals surface area contributed by atoms with Gasteiger partial charge in [0.15, 0.2) is 0 Å². The quantitative estimate of drug-likeness (QED) is 0.879. The number of nitrogens with zero attached hydrogens (tertiary/aromatic N) is 4. The van der Waals surface area contributed by atoms with E-state index in [9.17, 15) is 4.79 Å². The minimum atomic E-state index is -0.201. The third-order valence-corrected chi connectivity index (χ3v) is 3.15. The van der Waals surface area contributed by atoms with E-state index in [4.69, 9.17) is 0 Å². The summed E-state index contributed by atoms with van der Waals surface area (Å²) in [7, 11) is 0. The average Bonchev–Trinajstić information content (AvgIpc) is 2.90. The van der Waals surface area contributed by atoms with Crippen molar-refractivity contribution in [3.8, 4) is 0 Å². The van der Waals surface area contributed by atoms with Crippen LogP contribution in [0.3, 0.4) is 0 Å². The fourth-order valence-corrected chi connectivity index (χ4v) is 2.20. The van der Waals surface area contributed by atoms with E-state index in [1.165, 1.54) is 11.3 Å². The van der Waals surface area contributed by atoms with E-state index < -0.39 is 0 Å². The molecule has 0 radical (unpaired) electrons. The molecule has 96 valence electrons. The van der Waals surface area contributed by atoms with Gasteiger partial charge in [-0.2, -0.15) is 0 Å². The van der Waals surface area contributed by atoms with Crippen LogP contribution in [0.4, 0.5) is 5.13 Å². The van der Waals surface area contributed by atoms with Gasteiger partial charge in [0.2, 0.25) is 11.0 Å². The molecule has 2 aromatic rings. The van der Waals surface area contributed by atoms with E-state index in [2.05, 4.69) is 37.4 Å². The number of carbonyl (C=O) groups is 1. The van der Waals surface area contributed by atoms with Crippen LogP contribution in [0.15, 0.2) is 4.63 Å². The molecule has 8 heteroatoms. The number of nitrogens with one attached hydrogen (secondary N) is 1. The molecule has 1 N–H and O–H groups in total. The number of hydrogen-bond donors (Lipinski definition) is 1.